The van der Waals surface area contributed by atoms with Crippen LogP contribution in [0.1, 0.15) is 11.7 Å². The first-order chi connectivity index (χ1) is 6.11. The number of aliphatic hydroxyl groups is 1. The highest BCUT2D eigenvalue weighted by atomic mass is 16.6. The van der Waals surface area contributed by atoms with E-state index in [-0.39, 0.29) is 0 Å². The van der Waals surface area contributed by atoms with Crippen LogP contribution in [0.15, 0.2) is 24.3 Å². The van der Waals surface area contributed by atoms with Crippen LogP contribution in [0.3, 0.4) is 0 Å². The van der Waals surface area contributed by atoms with Gasteiger partial charge >= 0.3 is 0 Å². The predicted octanol–water partition coefficient (Wildman–Crippen LogP) is 0.579. The second kappa shape index (κ2) is 3.86. The number of rotatable bonds is 3. The van der Waals surface area contributed by atoms with E-state index in [0.29, 0.717) is 11.3 Å². The van der Waals surface area contributed by atoms with Crippen LogP contribution in [0.5, 0.6) is 0 Å². The topological polar surface area (TPSA) is 89.4 Å². The van der Waals surface area contributed by atoms with Gasteiger partial charge in [0, 0.05) is 16.2 Å². The van der Waals surface area contributed by atoms with Gasteiger partial charge in [-0.25, -0.2) is 0 Å². The maximum Gasteiger partial charge on any atom is 0.233 e. The van der Waals surface area contributed by atoms with E-state index in [4.69, 9.17) is 5.73 Å². The molecule has 0 saturated carbocycles. The molecule has 0 heterocycles. The monoisotopic (exact) mass is 182 g/mol. The molecule has 1 aromatic rings. The van der Waals surface area contributed by atoms with Crippen LogP contribution in [0.4, 0.5) is 5.69 Å². The minimum Gasteiger partial charge on any atom is -0.398 e. The lowest BCUT2D eigenvalue weighted by Gasteiger charge is -2.08. The van der Waals surface area contributed by atoms with E-state index in [1.165, 1.54) is 0 Å². The van der Waals surface area contributed by atoms with Gasteiger partial charge in [-0.2, -0.15) is 0 Å². The van der Waals surface area contributed by atoms with Crippen LogP contribution < -0.4 is 5.73 Å². The van der Waals surface area contributed by atoms with E-state index in [2.05, 4.69) is 0 Å². The summed E-state index contributed by atoms with van der Waals surface area (Å²) in [6, 6.07) is 6.55. The molecule has 70 valence electrons. The third-order valence-electron chi connectivity index (χ3n) is 1.68. The van der Waals surface area contributed by atoms with Crippen LogP contribution in [-0.2, 0) is 0 Å². The van der Waals surface area contributed by atoms with E-state index >= 15 is 0 Å². The molecule has 0 aromatic heterocycles. The lowest BCUT2D eigenvalue weighted by Crippen LogP contribution is -2.13. The maximum atomic E-state index is 10.1. The second-order valence-electron chi connectivity index (χ2n) is 2.66. The largest absolute Gasteiger partial charge is 0.398 e. The van der Waals surface area contributed by atoms with Crippen molar-refractivity contribution in [1.29, 1.82) is 0 Å². The molecule has 0 fully saturated rings. The maximum absolute atomic E-state index is 10.1. The number of benzene rings is 1. The van der Waals surface area contributed by atoms with Gasteiger partial charge in [-0.15, -0.1) is 0 Å². The van der Waals surface area contributed by atoms with Crippen molar-refractivity contribution in [1.82, 2.24) is 0 Å². The summed E-state index contributed by atoms with van der Waals surface area (Å²) in [5, 5.41) is 19.4. The Balaban J connectivity index is 2.82. The quantitative estimate of drug-likeness (QED) is 0.406. The molecule has 0 saturated heterocycles. The highest BCUT2D eigenvalue weighted by molar-refractivity contribution is 5.47. The summed E-state index contributed by atoms with van der Waals surface area (Å²) in [4.78, 5) is 9.53. The predicted molar refractivity (Wildman–Crippen MR) is 47.7 cm³/mol. The smallest absolute Gasteiger partial charge is 0.233 e. The molecule has 0 unspecified atom stereocenters. The Morgan fingerprint density at radius 2 is 2.15 bits per heavy atom. The summed E-state index contributed by atoms with van der Waals surface area (Å²) in [5.74, 6) is 0. The fraction of sp³-hybridized carbons (Fsp3) is 0.250. The molecule has 1 aromatic carbocycles. The number of nitrogens with zero attached hydrogens (tertiary/aromatic N) is 1. The molecule has 5 nitrogen and oxygen atoms in total. The number of hydrogen-bond acceptors (Lipinski definition) is 4. The Morgan fingerprint density at radius 3 is 2.69 bits per heavy atom. The summed E-state index contributed by atoms with van der Waals surface area (Å²) >= 11 is 0. The van der Waals surface area contributed by atoms with Crippen molar-refractivity contribution < 1.29 is 10.0 Å². The van der Waals surface area contributed by atoms with Crippen LogP contribution in [0.25, 0.3) is 0 Å². The van der Waals surface area contributed by atoms with Gasteiger partial charge in [-0.3, -0.25) is 10.1 Å². The normalized spacial score (nSPS) is 12.4. The molecule has 5 heteroatoms. The molecule has 1 rings (SSSR count). The number of hydrogen-bond donors (Lipinski definition) is 2. The average Bonchev–Trinajstić information content (AvgIpc) is 2.03. The minimum atomic E-state index is -1.13. The van der Waals surface area contributed by atoms with Crippen LogP contribution in [-0.4, -0.2) is 16.6 Å². The molecule has 13 heavy (non-hydrogen) atoms. The Kier molecular flexibility index (Phi) is 2.81. The van der Waals surface area contributed by atoms with Crippen molar-refractivity contribution in [2.45, 2.75) is 6.10 Å². The van der Waals surface area contributed by atoms with Crippen molar-refractivity contribution in [3.05, 3.63) is 39.9 Å². The van der Waals surface area contributed by atoms with Crippen molar-refractivity contribution in [2.75, 3.05) is 12.3 Å². The molecular weight excluding hydrogens is 172 g/mol. The summed E-state index contributed by atoms with van der Waals surface area (Å²) < 4.78 is 0. The van der Waals surface area contributed by atoms with Crippen molar-refractivity contribution in [2.24, 2.45) is 0 Å². The molecule has 1 atom stereocenters. The number of anilines is 1. The van der Waals surface area contributed by atoms with Crippen molar-refractivity contribution >= 4 is 5.69 Å². The molecule has 0 aliphatic carbocycles. The SMILES string of the molecule is Nc1ccccc1[C@H](O)C[N+](=O)[O-]. The summed E-state index contributed by atoms with van der Waals surface area (Å²) in [5.41, 5.74) is 6.29. The third-order valence-corrected chi connectivity index (χ3v) is 1.68. The van der Waals surface area contributed by atoms with E-state index in [9.17, 15) is 15.2 Å². The zero-order chi connectivity index (χ0) is 9.84. The van der Waals surface area contributed by atoms with Gasteiger partial charge in [0.15, 0.2) is 0 Å². The summed E-state index contributed by atoms with van der Waals surface area (Å²) in [7, 11) is 0. The molecule has 0 radical (unpaired) electrons. The van der Waals surface area contributed by atoms with Gasteiger partial charge in [-0.1, -0.05) is 18.2 Å². The second-order valence-corrected chi connectivity index (χ2v) is 2.66. The molecule has 0 spiro atoms. The molecule has 0 aliphatic heterocycles. The number of nitro groups is 1. The van der Waals surface area contributed by atoms with Crippen molar-refractivity contribution in [3.8, 4) is 0 Å². The minimum absolute atomic E-state index is 0.372. The Morgan fingerprint density at radius 1 is 1.54 bits per heavy atom. The van der Waals surface area contributed by atoms with E-state index in [1.807, 2.05) is 0 Å². The van der Waals surface area contributed by atoms with E-state index in [1.54, 1.807) is 24.3 Å². The van der Waals surface area contributed by atoms with Gasteiger partial charge in [0.1, 0.15) is 6.10 Å². The van der Waals surface area contributed by atoms with Gasteiger partial charge in [0.05, 0.1) is 0 Å². The zero-order valence-electron chi connectivity index (χ0n) is 6.88. The first-order valence-electron chi connectivity index (χ1n) is 3.75. The van der Waals surface area contributed by atoms with Gasteiger partial charge in [0.2, 0.25) is 6.54 Å². The molecule has 0 amide bonds. The number of aliphatic hydroxyl groups excluding tert-OH is 1. The van der Waals surface area contributed by atoms with Gasteiger partial charge in [0.25, 0.3) is 0 Å². The molecule has 0 bridgehead atoms. The van der Waals surface area contributed by atoms with E-state index in [0.717, 1.165) is 0 Å². The lowest BCUT2D eigenvalue weighted by molar-refractivity contribution is -0.491. The number of nitrogen functional groups attached to an aromatic ring is 1. The lowest BCUT2D eigenvalue weighted by atomic mass is 10.1. The zero-order valence-corrected chi connectivity index (χ0v) is 6.88. The number of para-hydroxylation sites is 1. The highest BCUT2D eigenvalue weighted by Crippen LogP contribution is 2.19. The summed E-state index contributed by atoms with van der Waals surface area (Å²) in [6.45, 7) is -0.520. The van der Waals surface area contributed by atoms with Crippen LogP contribution >= 0.6 is 0 Å². The van der Waals surface area contributed by atoms with Gasteiger partial charge < -0.3 is 10.8 Å². The Labute approximate surface area is 74.9 Å². The average molecular weight is 182 g/mol. The fourth-order valence-electron chi connectivity index (χ4n) is 1.05. The molecule has 3 N–H and O–H groups in total. The molecular formula is C8H10N2O3. The highest BCUT2D eigenvalue weighted by Gasteiger charge is 2.15. The van der Waals surface area contributed by atoms with Gasteiger partial charge in [-0.05, 0) is 6.07 Å². The Hall–Kier alpha value is -1.62. The standard InChI is InChI=1S/C8H10N2O3/c9-7-4-2-1-3-6(7)8(11)5-10(12)13/h1-4,8,11H,5,9H2/t8-/m1/s1. The first-order valence-corrected chi connectivity index (χ1v) is 3.75. The Bertz CT molecular complexity index is 314. The van der Waals surface area contributed by atoms with E-state index < -0.39 is 17.6 Å². The van der Waals surface area contributed by atoms with Crippen LogP contribution in [0, 0.1) is 10.1 Å². The first kappa shape index (κ1) is 9.47. The van der Waals surface area contributed by atoms with Crippen LogP contribution in [0.2, 0.25) is 0 Å². The fourth-order valence-corrected chi connectivity index (χ4v) is 1.05. The van der Waals surface area contributed by atoms with Crippen molar-refractivity contribution in [3.63, 3.8) is 0 Å². The third kappa shape index (κ3) is 2.41. The summed E-state index contributed by atoms with van der Waals surface area (Å²) in [6.07, 6.45) is -1.13. The molecule has 0 aliphatic rings. The number of nitrogens with two attached hydrogens (primary N) is 1.